The van der Waals surface area contributed by atoms with E-state index >= 15 is 0 Å². The minimum absolute atomic E-state index is 0.162. The van der Waals surface area contributed by atoms with Crippen LogP contribution in [0.25, 0.3) is 0 Å². The molecule has 20 heavy (non-hydrogen) atoms. The average molecular weight is 325 g/mol. The number of halogens is 1. The Morgan fingerprint density at radius 2 is 1.60 bits per heavy atom. The summed E-state index contributed by atoms with van der Waals surface area (Å²) in [5.74, 6) is 0.845. The van der Waals surface area contributed by atoms with Crippen molar-refractivity contribution in [3.05, 3.63) is 82.5 Å². The van der Waals surface area contributed by atoms with Crippen LogP contribution >= 0.6 is 15.9 Å². The topological polar surface area (TPSA) is 17.1 Å². The highest BCUT2D eigenvalue weighted by molar-refractivity contribution is 9.09. The van der Waals surface area contributed by atoms with E-state index < -0.39 is 0 Å². The maximum atomic E-state index is 12.1. The highest BCUT2D eigenvalue weighted by Gasteiger charge is 2.38. The van der Waals surface area contributed by atoms with Gasteiger partial charge in [-0.3, -0.25) is 4.79 Å². The quantitative estimate of drug-likeness (QED) is 0.702. The van der Waals surface area contributed by atoms with Gasteiger partial charge in [-0.15, -0.1) is 0 Å². The molecule has 4 aliphatic rings. The van der Waals surface area contributed by atoms with E-state index in [1.165, 1.54) is 22.3 Å². The molecule has 4 aliphatic carbocycles. The number of hydrogen-bond acceptors (Lipinski definition) is 1. The number of carbonyl (C=O) groups excluding carboxylic acids is 1. The second-order valence-electron chi connectivity index (χ2n) is 5.41. The predicted octanol–water partition coefficient (Wildman–Crippen LogP) is 3.98. The summed E-state index contributed by atoms with van der Waals surface area (Å²) in [7, 11) is 0. The van der Waals surface area contributed by atoms with E-state index in [1.807, 2.05) is 6.08 Å². The van der Waals surface area contributed by atoms with Gasteiger partial charge in [-0.2, -0.15) is 0 Å². The lowest BCUT2D eigenvalue weighted by molar-refractivity contribution is -0.112. The largest absolute Gasteiger partial charge is 0.293 e. The lowest BCUT2D eigenvalue weighted by Crippen LogP contribution is -2.30. The summed E-state index contributed by atoms with van der Waals surface area (Å²) in [6, 6.07) is 0. The molecule has 2 atom stereocenters. The van der Waals surface area contributed by atoms with Crippen LogP contribution in [0.4, 0.5) is 0 Å². The maximum Gasteiger partial charge on any atom is 0.173 e. The third-order valence-corrected chi connectivity index (χ3v) is 4.93. The highest BCUT2D eigenvalue weighted by Crippen LogP contribution is 2.49. The third kappa shape index (κ3) is 1.58. The molecule has 0 radical (unpaired) electrons. The average Bonchev–Trinajstić information content (AvgIpc) is 2.51. The number of hydrogen-bond donors (Lipinski definition) is 0. The molecule has 0 N–H and O–H groups in total. The molecule has 0 aliphatic heterocycles. The van der Waals surface area contributed by atoms with Crippen LogP contribution in [-0.4, -0.2) is 11.1 Å². The van der Waals surface area contributed by atoms with Crippen molar-refractivity contribution >= 4 is 21.7 Å². The van der Waals surface area contributed by atoms with Crippen LogP contribution < -0.4 is 0 Å². The van der Waals surface area contributed by atoms with Crippen molar-refractivity contribution in [1.82, 2.24) is 0 Å². The Balaban J connectivity index is 1.95. The van der Waals surface area contributed by atoms with Gasteiger partial charge >= 0.3 is 0 Å². The lowest BCUT2D eigenvalue weighted by atomic mass is 9.63. The summed E-state index contributed by atoms with van der Waals surface area (Å²) in [6.07, 6.45) is 19.2. The number of rotatable bonds is 2. The smallest absolute Gasteiger partial charge is 0.173 e. The van der Waals surface area contributed by atoms with Crippen molar-refractivity contribution in [2.45, 2.75) is 0 Å². The van der Waals surface area contributed by atoms with Crippen molar-refractivity contribution < 1.29 is 4.79 Å². The van der Waals surface area contributed by atoms with Gasteiger partial charge in [0.2, 0.25) is 0 Å². The highest BCUT2D eigenvalue weighted by atomic mass is 79.9. The molecule has 0 fully saturated rings. The zero-order valence-corrected chi connectivity index (χ0v) is 12.4. The van der Waals surface area contributed by atoms with Crippen LogP contribution in [0.5, 0.6) is 0 Å². The second-order valence-corrected chi connectivity index (χ2v) is 5.97. The maximum absolute atomic E-state index is 12.1. The molecule has 0 heterocycles. The van der Waals surface area contributed by atoms with E-state index in [9.17, 15) is 4.79 Å². The fourth-order valence-electron chi connectivity index (χ4n) is 3.53. The Morgan fingerprint density at radius 3 is 2.40 bits per heavy atom. The monoisotopic (exact) mass is 324 g/mol. The second kappa shape index (κ2) is 4.42. The minimum atomic E-state index is 0.162. The van der Waals surface area contributed by atoms with Gasteiger partial charge in [0.15, 0.2) is 5.78 Å². The summed E-state index contributed by atoms with van der Waals surface area (Å²) in [5, 5.41) is 0.381. The van der Waals surface area contributed by atoms with E-state index in [2.05, 4.69) is 64.5 Å². The number of carbonyl (C=O) groups is 1. The molecule has 98 valence electrons. The van der Waals surface area contributed by atoms with Crippen LogP contribution in [0, 0.1) is 11.8 Å². The summed E-state index contributed by atoms with van der Waals surface area (Å²) in [6.45, 7) is 0. The minimum Gasteiger partial charge on any atom is -0.293 e. The molecule has 0 saturated carbocycles. The molecular weight excluding hydrogens is 312 g/mol. The van der Waals surface area contributed by atoms with Crippen molar-refractivity contribution in [2.24, 2.45) is 11.8 Å². The van der Waals surface area contributed by atoms with Crippen LogP contribution in [0.15, 0.2) is 82.5 Å². The molecule has 0 aromatic heterocycles. The van der Waals surface area contributed by atoms with Crippen molar-refractivity contribution in [3.8, 4) is 0 Å². The molecule has 0 saturated heterocycles. The van der Waals surface area contributed by atoms with Crippen molar-refractivity contribution in [2.75, 3.05) is 5.33 Å². The van der Waals surface area contributed by atoms with E-state index in [0.717, 1.165) is 5.57 Å². The van der Waals surface area contributed by atoms with Gasteiger partial charge < -0.3 is 0 Å². The van der Waals surface area contributed by atoms with Crippen molar-refractivity contribution in [1.29, 1.82) is 0 Å². The van der Waals surface area contributed by atoms with Gasteiger partial charge in [0, 0.05) is 17.4 Å². The molecule has 0 bridgehead atoms. The zero-order valence-electron chi connectivity index (χ0n) is 10.8. The SMILES string of the molecule is O=C(CBr)C1=C2C=CC3=CC=CC4=CC=C(C=C1)C2C34. The van der Waals surface area contributed by atoms with E-state index in [-0.39, 0.29) is 5.78 Å². The Labute approximate surface area is 126 Å². The van der Waals surface area contributed by atoms with Crippen LogP contribution in [0.3, 0.4) is 0 Å². The van der Waals surface area contributed by atoms with Gasteiger partial charge in [0.05, 0.1) is 5.33 Å². The Morgan fingerprint density at radius 1 is 0.900 bits per heavy atom. The number of ketones is 1. The first-order valence-corrected chi connectivity index (χ1v) is 7.91. The van der Waals surface area contributed by atoms with Crippen LogP contribution in [0.1, 0.15) is 0 Å². The lowest BCUT2D eigenvalue weighted by Gasteiger charge is -2.40. The third-order valence-electron chi connectivity index (χ3n) is 4.42. The summed E-state index contributed by atoms with van der Waals surface area (Å²) < 4.78 is 0. The Bertz CT molecular complexity index is 723. The van der Waals surface area contributed by atoms with Gasteiger partial charge in [-0.05, 0) is 22.3 Å². The number of allylic oxidation sites excluding steroid dienone is 14. The van der Waals surface area contributed by atoms with Gasteiger partial charge in [-0.1, -0.05) is 70.6 Å². The summed E-state index contributed by atoms with van der Waals surface area (Å²) in [5.41, 5.74) is 6.03. The van der Waals surface area contributed by atoms with Crippen LogP contribution in [0.2, 0.25) is 0 Å². The van der Waals surface area contributed by atoms with Crippen molar-refractivity contribution in [3.63, 3.8) is 0 Å². The van der Waals surface area contributed by atoms with Gasteiger partial charge in [0.25, 0.3) is 0 Å². The Kier molecular flexibility index (Phi) is 2.67. The van der Waals surface area contributed by atoms with Gasteiger partial charge in [0.1, 0.15) is 0 Å². The normalized spacial score (nSPS) is 28.8. The number of alkyl halides is 1. The first kappa shape index (κ1) is 12.1. The van der Waals surface area contributed by atoms with Crippen LogP contribution in [-0.2, 0) is 4.79 Å². The van der Waals surface area contributed by atoms with E-state index in [1.54, 1.807) is 0 Å². The molecule has 2 heteroatoms. The molecule has 1 nitrogen and oxygen atoms in total. The number of Topliss-reactive ketones (excluding diaryl/α,β-unsaturated/α-hetero) is 1. The molecule has 0 amide bonds. The molecular formula is C18H13BrO. The fourth-order valence-corrected chi connectivity index (χ4v) is 3.83. The zero-order chi connectivity index (χ0) is 13.7. The predicted molar refractivity (Wildman–Crippen MR) is 84.5 cm³/mol. The standard InChI is InChI=1S/C18H13BrO/c19-10-16(20)14-8-6-13-5-4-11-2-1-3-12-7-9-15(14)18(13)17(11)12/h1-9,17-18H,10H2. The first-order valence-electron chi connectivity index (χ1n) is 6.79. The fraction of sp³-hybridized carbons (Fsp3) is 0.167. The summed E-state index contributed by atoms with van der Waals surface area (Å²) in [4.78, 5) is 12.1. The van der Waals surface area contributed by atoms with Gasteiger partial charge in [-0.25, -0.2) is 0 Å². The molecule has 4 rings (SSSR count). The van der Waals surface area contributed by atoms with E-state index in [0.29, 0.717) is 17.2 Å². The molecule has 2 unspecified atom stereocenters. The molecule has 0 aromatic carbocycles. The molecule has 0 spiro atoms. The molecule has 0 aromatic rings. The summed E-state index contributed by atoms with van der Waals surface area (Å²) >= 11 is 3.29. The first-order chi connectivity index (χ1) is 9.79. The Hall–Kier alpha value is -1.67. The van der Waals surface area contributed by atoms with E-state index in [4.69, 9.17) is 0 Å².